The average Bonchev–Trinajstić information content (AvgIpc) is 2.97. The molecule has 7 heteroatoms. The largest absolute Gasteiger partial charge is 0.480 e. The van der Waals surface area contributed by atoms with Crippen molar-refractivity contribution in [3.8, 4) is 0 Å². The maximum atomic E-state index is 12.5. The van der Waals surface area contributed by atoms with Crippen LogP contribution in [0.4, 0.5) is 4.79 Å². The van der Waals surface area contributed by atoms with Crippen molar-refractivity contribution in [2.75, 3.05) is 26.3 Å². The van der Waals surface area contributed by atoms with Gasteiger partial charge in [-0.1, -0.05) is 6.07 Å². The third-order valence-electron chi connectivity index (χ3n) is 3.24. The first-order valence-electron chi connectivity index (χ1n) is 6.52. The molecule has 2 rings (SSSR count). The van der Waals surface area contributed by atoms with Crippen LogP contribution in [0.3, 0.4) is 0 Å². The lowest BCUT2D eigenvalue weighted by Crippen LogP contribution is -2.56. The summed E-state index contributed by atoms with van der Waals surface area (Å²) in [6.45, 7) is 3.69. The van der Waals surface area contributed by atoms with Crippen LogP contribution in [0.2, 0.25) is 0 Å². The highest BCUT2D eigenvalue weighted by atomic mass is 32.1. The Morgan fingerprint density at radius 1 is 1.60 bits per heavy atom. The van der Waals surface area contributed by atoms with Gasteiger partial charge >= 0.3 is 12.0 Å². The topological polar surface area (TPSA) is 70.1 Å². The summed E-state index contributed by atoms with van der Waals surface area (Å²) in [5.74, 6) is -1.02. The Labute approximate surface area is 121 Å². The minimum Gasteiger partial charge on any atom is -0.480 e. The maximum absolute atomic E-state index is 12.5. The summed E-state index contributed by atoms with van der Waals surface area (Å²) in [4.78, 5) is 27.9. The fraction of sp³-hybridized carbons (Fsp3) is 0.538. The quantitative estimate of drug-likeness (QED) is 0.914. The molecule has 0 aromatic carbocycles. The zero-order valence-corrected chi connectivity index (χ0v) is 12.1. The molecule has 1 unspecified atom stereocenters. The maximum Gasteiger partial charge on any atom is 0.328 e. The molecule has 0 spiro atoms. The van der Waals surface area contributed by atoms with Gasteiger partial charge in [-0.05, 0) is 18.4 Å². The molecular formula is C13H18N2O4S. The molecule has 20 heavy (non-hydrogen) atoms. The standard InChI is InChI=1S/C13H18N2O4S/c1-2-14(8-10-4-3-7-20-10)13(18)15-5-6-19-9-11(15)12(16)17/h3-4,7,11H,2,5-6,8-9H2,1H3,(H,16,17). The van der Waals surface area contributed by atoms with E-state index in [2.05, 4.69) is 0 Å². The second kappa shape index (κ2) is 6.71. The van der Waals surface area contributed by atoms with Crippen molar-refractivity contribution in [1.29, 1.82) is 0 Å². The van der Waals surface area contributed by atoms with Crippen molar-refractivity contribution < 1.29 is 19.4 Å². The Hall–Kier alpha value is -1.60. The van der Waals surface area contributed by atoms with Crippen LogP contribution in [0.25, 0.3) is 0 Å². The molecule has 1 aliphatic rings. The van der Waals surface area contributed by atoms with Crippen molar-refractivity contribution in [2.45, 2.75) is 19.5 Å². The van der Waals surface area contributed by atoms with E-state index in [1.54, 1.807) is 16.2 Å². The number of carbonyl (C=O) groups excluding carboxylic acids is 1. The number of hydrogen-bond acceptors (Lipinski definition) is 4. The van der Waals surface area contributed by atoms with Crippen LogP contribution in [-0.2, 0) is 16.1 Å². The van der Waals surface area contributed by atoms with Gasteiger partial charge in [0.2, 0.25) is 0 Å². The molecule has 0 aliphatic carbocycles. The summed E-state index contributed by atoms with van der Waals surface area (Å²) >= 11 is 1.58. The first kappa shape index (κ1) is 14.8. The summed E-state index contributed by atoms with van der Waals surface area (Å²) < 4.78 is 5.15. The molecule has 0 radical (unpaired) electrons. The lowest BCUT2D eigenvalue weighted by molar-refractivity contribution is -0.147. The number of carboxylic acids is 1. The highest BCUT2D eigenvalue weighted by Crippen LogP contribution is 2.16. The van der Waals surface area contributed by atoms with Gasteiger partial charge in [-0.2, -0.15) is 0 Å². The van der Waals surface area contributed by atoms with Crippen LogP contribution < -0.4 is 0 Å². The predicted molar refractivity (Wildman–Crippen MR) is 74.7 cm³/mol. The molecular weight excluding hydrogens is 280 g/mol. The molecule has 1 atom stereocenters. The number of rotatable bonds is 4. The number of amides is 2. The highest BCUT2D eigenvalue weighted by Gasteiger charge is 2.34. The molecule has 0 saturated carbocycles. The van der Waals surface area contributed by atoms with Crippen LogP contribution in [0.1, 0.15) is 11.8 Å². The number of carboxylic acid groups (broad SMARTS) is 1. The molecule has 1 aromatic heterocycles. The van der Waals surface area contributed by atoms with Crippen LogP contribution >= 0.6 is 11.3 Å². The molecule has 2 amide bonds. The van der Waals surface area contributed by atoms with Gasteiger partial charge in [0.1, 0.15) is 0 Å². The number of nitrogens with zero attached hydrogens (tertiary/aromatic N) is 2. The number of morpholine rings is 1. The van der Waals surface area contributed by atoms with E-state index in [-0.39, 0.29) is 12.6 Å². The summed E-state index contributed by atoms with van der Waals surface area (Å²) in [6, 6.07) is 2.77. The van der Waals surface area contributed by atoms with Gasteiger partial charge in [0.25, 0.3) is 0 Å². The van der Waals surface area contributed by atoms with Gasteiger partial charge in [0, 0.05) is 18.0 Å². The van der Waals surface area contributed by atoms with E-state index in [9.17, 15) is 14.7 Å². The van der Waals surface area contributed by atoms with Crippen molar-refractivity contribution in [3.63, 3.8) is 0 Å². The van der Waals surface area contributed by atoms with E-state index < -0.39 is 12.0 Å². The Morgan fingerprint density at radius 3 is 3.00 bits per heavy atom. The van der Waals surface area contributed by atoms with E-state index in [1.807, 2.05) is 24.4 Å². The van der Waals surface area contributed by atoms with Crippen LogP contribution in [0.5, 0.6) is 0 Å². The highest BCUT2D eigenvalue weighted by molar-refractivity contribution is 7.09. The Kier molecular flexibility index (Phi) is 4.97. The Bertz CT molecular complexity index is 463. The first-order chi connectivity index (χ1) is 9.63. The molecule has 1 saturated heterocycles. The summed E-state index contributed by atoms with van der Waals surface area (Å²) in [6.07, 6.45) is 0. The molecule has 0 bridgehead atoms. The molecule has 6 nitrogen and oxygen atoms in total. The number of thiophene rings is 1. The lowest BCUT2D eigenvalue weighted by atomic mass is 10.2. The molecule has 1 aromatic rings. The fourth-order valence-electron chi connectivity index (χ4n) is 2.12. The minimum absolute atomic E-state index is 0.0532. The number of aliphatic carboxylic acids is 1. The number of carbonyl (C=O) groups is 2. The average molecular weight is 298 g/mol. The molecule has 2 heterocycles. The summed E-state index contributed by atoms with van der Waals surface area (Å²) in [7, 11) is 0. The monoisotopic (exact) mass is 298 g/mol. The van der Waals surface area contributed by atoms with E-state index in [1.165, 1.54) is 4.90 Å². The zero-order valence-electron chi connectivity index (χ0n) is 11.3. The van der Waals surface area contributed by atoms with Gasteiger partial charge in [0.15, 0.2) is 6.04 Å². The van der Waals surface area contributed by atoms with Gasteiger partial charge in [-0.15, -0.1) is 11.3 Å². The number of hydrogen-bond donors (Lipinski definition) is 1. The minimum atomic E-state index is -1.02. The second-order valence-electron chi connectivity index (χ2n) is 4.50. The van der Waals surface area contributed by atoms with Crippen molar-refractivity contribution in [1.82, 2.24) is 9.80 Å². The molecule has 1 fully saturated rings. The Balaban J connectivity index is 2.08. The smallest absolute Gasteiger partial charge is 0.328 e. The van der Waals surface area contributed by atoms with Crippen molar-refractivity contribution in [3.05, 3.63) is 22.4 Å². The fourth-order valence-corrected chi connectivity index (χ4v) is 2.84. The second-order valence-corrected chi connectivity index (χ2v) is 5.53. The van der Waals surface area contributed by atoms with Gasteiger partial charge in [0.05, 0.1) is 19.8 Å². The molecule has 1 aliphatic heterocycles. The van der Waals surface area contributed by atoms with Crippen LogP contribution in [0.15, 0.2) is 17.5 Å². The van der Waals surface area contributed by atoms with Gasteiger partial charge in [-0.3, -0.25) is 0 Å². The van der Waals surface area contributed by atoms with Gasteiger partial charge in [-0.25, -0.2) is 9.59 Å². The van der Waals surface area contributed by atoms with Crippen LogP contribution in [-0.4, -0.2) is 59.3 Å². The lowest BCUT2D eigenvalue weighted by Gasteiger charge is -2.36. The van der Waals surface area contributed by atoms with E-state index in [0.29, 0.717) is 26.2 Å². The summed E-state index contributed by atoms with van der Waals surface area (Å²) in [5, 5.41) is 11.1. The Morgan fingerprint density at radius 2 is 2.40 bits per heavy atom. The molecule has 1 N–H and O–H groups in total. The number of ether oxygens (including phenoxy) is 1. The van der Waals surface area contributed by atoms with Crippen molar-refractivity contribution in [2.24, 2.45) is 0 Å². The zero-order chi connectivity index (χ0) is 14.5. The normalized spacial score (nSPS) is 18.9. The number of urea groups is 1. The summed E-state index contributed by atoms with van der Waals surface area (Å²) in [5.41, 5.74) is 0. The first-order valence-corrected chi connectivity index (χ1v) is 7.40. The predicted octanol–water partition coefficient (Wildman–Crippen LogP) is 1.48. The van der Waals surface area contributed by atoms with Gasteiger partial charge < -0.3 is 19.6 Å². The van der Waals surface area contributed by atoms with E-state index in [0.717, 1.165) is 4.88 Å². The third-order valence-corrected chi connectivity index (χ3v) is 4.10. The SMILES string of the molecule is CCN(Cc1cccs1)C(=O)N1CCOCC1C(=O)O. The van der Waals surface area contributed by atoms with Crippen LogP contribution in [0, 0.1) is 0 Å². The third kappa shape index (κ3) is 3.29. The molecule has 110 valence electrons. The van der Waals surface area contributed by atoms with Crippen molar-refractivity contribution >= 4 is 23.3 Å². The van der Waals surface area contributed by atoms with E-state index >= 15 is 0 Å². The van der Waals surface area contributed by atoms with E-state index in [4.69, 9.17) is 4.74 Å².